The minimum Gasteiger partial charge on any atom is -0.490 e. The molecule has 1 saturated heterocycles. The molecule has 0 spiro atoms. The fourth-order valence-electron chi connectivity index (χ4n) is 6.01. The molecule has 5 aromatic rings. The van der Waals surface area contributed by atoms with Crippen LogP contribution in [-0.4, -0.2) is 56.5 Å². The molecule has 260 valence electrons. The van der Waals surface area contributed by atoms with E-state index >= 15 is 0 Å². The molecule has 1 fully saturated rings. The molecule has 0 saturated carbocycles. The first-order valence-electron chi connectivity index (χ1n) is 16.1. The summed E-state index contributed by atoms with van der Waals surface area (Å²) in [6.07, 6.45) is 5.90. The van der Waals surface area contributed by atoms with E-state index in [9.17, 15) is 14.7 Å². The number of carbonyl (C=O) groups excluding carboxylic acids is 1. The number of benzene rings is 4. The first-order valence-corrected chi connectivity index (χ1v) is 16.1. The molecule has 2 N–H and O–H groups in total. The SMILES string of the molecule is CC(=N)N1CCC(Oc2ccc(N(Cc3nc4cc(C)ccc4n3C/C=C/c3ccccc3)C(=O)c3ccc(C(=O)O)cc3)cc2)CC1.Cl.Cl. The smallest absolute Gasteiger partial charge is 0.335 e. The Balaban J connectivity index is 0.00000281. The third-order valence-electron chi connectivity index (χ3n) is 8.67. The average Bonchev–Trinajstić information content (AvgIpc) is 3.43. The number of likely N-dealkylation sites (tertiary alicyclic amines) is 1. The molecule has 1 aliphatic rings. The van der Waals surface area contributed by atoms with E-state index in [1.807, 2.05) is 62.4 Å². The molecular formula is C39H41Cl2N5O4. The number of anilines is 1. The van der Waals surface area contributed by atoms with Gasteiger partial charge in [-0.25, -0.2) is 9.78 Å². The second-order valence-corrected chi connectivity index (χ2v) is 12.1. The lowest BCUT2D eigenvalue weighted by molar-refractivity contribution is 0.0696. The van der Waals surface area contributed by atoms with Gasteiger partial charge in [-0.05, 0) is 85.6 Å². The summed E-state index contributed by atoms with van der Waals surface area (Å²) < 4.78 is 8.41. The van der Waals surface area contributed by atoms with Gasteiger partial charge in [0, 0.05) is 43.7 Å². The molecule has 0 radical (unpaired) electrons. The Bertz CT molecular complexity index is 1950. The van der Waals surface area contributed by atoms with Gasteiger partial charge < -0.3 is 24.2 Å². The van der Waals surface area contributed by atoms with Crippen LogP contribution in [0.3, 0.4) is 0 Å². The summed E-state index contributed by atoms with van der Waals surface area (Å²) in [5, 5.41) is 17.3. The van der Waals surface area contributed by atoms with E-state index in [1.54, 1.807) is 17.0 Å². The summed E-state index contributed by atoms with van der Waals surface area (Å²) in [5.74, 6) is 0.696. The van der Waals surface area contributed by atoms with Crippen LogP contribution in [-0.2, 0) is 13.1 Å². The number of halogens is 2. The summed E-state index contributed by atoms with van der Waals surface area (Å²) in [6, 6.07) is 29.8. The summed E-state index contributed by atoms with van der Waals surface area (Å²) in [7, 11) is 0. The van der Waals surface area contributed by atoms with E-state index in [4.69, 9.17) is 15.1 Å². The highest BCUT2D eigenvalue weighted by atomic mass is 35.5. The first kappa shape index (κ1) is 37.7. The maximum atomic E-state index is 14.2. The lowest BCUT2D eigenvalue weighted by Crippen LogP contribution is -2.40. The van der Waals surface area contributed by atoms with Crippen LogP contribution in [0, 0.1) is 12.3 Å². The van der Waals surface area contributed by atoms with E-state index < -0.39 is 5.97 Å². The number of aromatic carboxylic acids is 1. The molecule has 1 aromatic heterocycles. The zero-order chi connectivity index (χ0) is 33.6. The number of nitrogens with zero attached hydrogens (tertiary/aromatic N) is 4. The highest BCUT2D eigenvalue weighted by molar-refractivity contribution is 6.06. The van der Waals surface area contributed by atoms with Crippen molar-refractivity contribution in [3.05, 3.63) is 131 Å². The van der Waals surface area contributed by atoms with Crippen molar-refractivity contribution in [2.45, 2.75) is 45.9 Å². The monoisotopic (exact) mass is 713 g/mol. The predicted molar refractivity (Wildman–Crippen MR) is 203 cm³/mol. The molecule has 0 unspecified atom stereocenters. The quantitative estimate of drug-likeness (QED) is 0.111. The maximum Gasteiger partial charge on any atom is 0.335 e. The number of aryl methyl sites for hydroxylation is 1. The van der Waals surface area contributed by atoms with Crippen molar-refractivity contribution in [3.8, 4) is 5.75 Å². The van der Waals surface area contributed by atoms with Crippen molar-refractivity contribution in [2.75, 3.05) is 18.0 Å². The topological polar surface area (TPSA) is 112 Å². The van der Waals surface area contributed by atoms with E-state index in [0.29, 0.717) is 23.6 Å². The number of fused-ring (bicyclic) bond motifs is 1. The fraction of sp³-hybridized carbons (Fsp3) is 0.231. The Morgan fingerprint density at radius 3 is 2.24 bits per heavy atom. The Hall–Kier alpha value is -5.12. The van der Waals surface area contributed by atoms with Gasteiger partial charge in [0.05, 0.1) is 29.0 Å². The van der Waals surface area contributed by atoms with Gasteiger partial charge in [0.2, 0.25) is 0 Å². The molecule has 0 atom stereocenters. The van der Waals surface area contributed by atoms with Gasteiger partial charge >= 0.3 is 5.97 Å². The molecule has 11 heteroatoms. The molecule has 6 rings (SSSR count). The van der Waals surface area contributed by atoms with Gasteiger partial charge in [-0.3, -0.25) is 10.2 Å². The van der Waals surface area contributed by atoms with Crippen molar-refractivity contribution in [1.82, 2.24) is 14.5 Å². The Labute approximate surface area is 304 Å². The number of piperidine rings is 1. The van der Waals surface area contributed by atoms with Crippen LogP contribution in [0.15, 0.2) is 103 Å². The van der Waals surface area contributed by atoms with Gasteiger partial charge in [0.15, 0.2) is 0 Å². The number of hydrogen-bond acceptors (Lipinski definition) is 5. The third-order valence-corrected chi connectivity index (χ3v) is 8.67. The van der Waals surface area contributed by atoms with Crippen molar-refractivity contribution >= 4 is 65.3 Å². The molecule has 50 heavy (non-hydrogen) atoms. The van der Waals surface area contributed by atoms with Gasteiger partial charge in [0.1, 0.15) is 17.7 Å². The molecule has 1 aliphatic heterocycles. The van der Waals surface area contributed by atoms with Gasteiger partial charge in [-0.2, -0.15) is 0 Å². The number of ether oxygens (including phenoxy) is 1. The summed E-state index contributed by atoms with van der Waals surface area (Å²) in [6.45, 7) is 6.18. The second kappa shape index (κ2) is 17.0. The van der Waals surface area contributed by atoms with Gasteiger partial charge in [-0.15, -0.1) is 24.8 Å². The number of imidazole rings is 1. The van der Waals surface area contributed by atoms with Gasteiger partial charge in [0.25, 0.3) is 5.91 Å². The molecule has 2 heterocycles. The lowest BCUT2D eigenvalue weighted by atomic mass is 10.1. The molecule has 9 nitrogen and oxygen atoms in total. The second-order valence-electron chi connectivity index (χ2n) is 12.1. The van der Waals surface area contributed by atoms with E-state index in [0.717, 1.165) is 59.7 Å². The Morgan fingerprint density at radius 1 is 0.940 bits per heavy atom. The van der Waals surface area contributed by atoms with Crippen LogP contribution in [0.2, 0.25) is 0 Å². The number of carbonyl (C=O) groups is 2. The minimum absolute atomic E-state index is 0. The highest BCUT2D eigenvalue weighted by Gasteiger charge is 2.24. The number of amides is 1. The highest BCUT2D eigenvalue weighted by Crippen LogP contribution is 2.27. The third kappa shape index (κ3) is 8.91. The van der Waals surface area contributed by atoms with E-state index in [-0.39, 0.29) is 48.9 Å². The summed E-state index contributed by atoms with van der Waals surface area (Å²) in [5.41, 5.74) is 5.17. The van der Waals surface area contributed by atoms with Crippen molar-refractivity contribution in [3.63, 3.8) is 0 Å². The van der Waals surface area contributed by atoms with Crippen LogP contribution in [0.25, 0.3) is 17.1 Å². The number of amidine groups is 1. The molecule has 0 bridgehead atoms. The van der Waals surface area contributed by atoms with E-state index in [1.165, 1.54) is 12.1 Å². The zero-order valence-corrected chi connectivity index (χ0v) is 29.6. The number of hydrogen-bond donors (Lipinski definition) is 2. The molecule has 0 aliphatic carbocycles. The predicted octanol–water partition coefficient (Wildman–Crippen LogP) is 8.29. The normalized spacial score (nSPS) is 13.0. The van der Waals surface area contributed by atoms with Crippen LogP contribution >= 0.6 is 24.8 Å². The largest absolute Gasteiger partial charge is 0.490 e. The van der Waals surface area contributed by atoms with Crippen LogP contribution in [0.5, 0.6) is 5.75 Å². The lowest BCUT2D eigenvalue weighted by Gasteiger charge is -2.32. The van der Waals surface area contributed by atoms with Crippen molar-refractivity contribution in [2.24, 2.45) is 0 Å². The molecule has 4 aromatic carbocycles. The zero-order valence-electron chi connectivity index (χ0n) is 28.0. The fourth-order valence-corrected chi connectivity index (χ4v) is 6.01. The number of allylic oxidation sites excluding steroid dienone is 1. The first-order chi connectivity index (χ1) is 23.2. The Kier molecular flexibility index (Phi) is 12.8. The summed E-state index contributed by atoms with van der Waals surface area (Å²) in [4.78, 5) is 34.4. The van der Waals surface area contributed by atoms with Crippen molar-refractivity contribution < 1.29 is 19.4 Å². The number of carboxylic acids is 1. The van der Waals surface area contributed by atoms with Crippen LogP contribution < -0.4 is 9.64 Å². The Morgan fingerprint density at radius 2 is 1.60 bits per heavy atom. The van der Waals surface area contributed by atoms with Crippen molar-refractivity contribution in [1.29, 1.82) is 5.41 Å². The number of aromatic nitrogens is 2. The van der Waals surface area contributed by atoms with Crippen LogP contribution in [0.1, 0.15) is 57.4 Å². The van der Waals surface area contributed by atoms with E-state index in [2.05, 4.69) is 45.9 Å². The minimum atomic E-state index is -1.05. The molecule has 1 amide bonds. The van der Waals surface area contributed by atoms with Crippen LogP contribution in [0.4, 0.5) is 5.69 Å². The number of carboxylic acid groups (broad SMARTS) is 1. The number of rotatable bonds is 10. The molecular weight excluding hydrogens is 673 g/mol. The summed E-state index contributed by atoms with van der Waals surface area (Å²) >= 11 is 0. The standard InChI is InChI=1S/C39H39N5O4.2ClH/c1-27-10-19-36-35(25-27)41-37(43(36)22-6-9-29-7-4-3-5-8-29)26-44(38(45)30-11-13-31(14-12-30)39(46)47)32-15-17-33(18-16-32)48-34-20-23-42(24-21-34)28(2)40;;/h3-19,25,34,40H,20-24,26H2,1-2H3,(H,46,47);2*1H/b9-6+,40-28?;;. The maximum absolute atomic E-state index is 14.2. The van der Waals surface area contributed by atoms with Gasteiger partial charge in [-0.1, -0.05) is 48.6 Å². The number of nitrogens with one attached hydrogen (secondary N) is 1. The average molecular weight is 715 g/mol.